The summed E-state index contributed by atoms with van der Waals surface area (Å²) in [5, 5.41) is 8.37. The van der Waals surface area contributed by atoms with Crippen molar-refractivity contribution in [2.45, 2.75) is 71.1 Å². The minimum Gasteiger partial charge on any atom is -0.478 e. The summed E-state index contributed by atoms with van der Waals surface area (Å²) in [6, 6.07) is 0. The average molecular weight is 367 g/mol. The van der Waals surface area contributed by atoms with E-state index in [1.54, 1.807) is 6.08 Å². The Kier molecular flexibility index (Phi) is 19.4. The van der Waals surface area contributed by atoms with E-state index in [4.69, 9.17) is 5.11 Å². The summed E-state index contributed by atoms with van der Waals surface area (Å²) in [4.78, 5) is 10.2. The van der Waals surface area contributed by atoms with Crippen LogP contribution in [0.5, 0.6) is 0 Å². The number of carbonyl (C=O) groups is 1. The Hall–Kier alpha value is 0.574. The van der Waals surface area contributed by atoms with Crippen molar-refractivity contribution in [2.75, 3.05) is 0 Å². The summed E-state index contributed by atoms with van der Waals surface area (Å²) in [6.07, 6.45) is 15.7. The van der Waals surface area contributed by atoms with Gasteiger partial charge in [-0.1, -0.05) is 64.4 Å². The number of allylic oxidation sites excluding steroid dienone is 1. The second-order valence-electron chi connectivity index (χ2n) is 4.36. The first-order valence-corrected chi connectivity index (χ1v) is 6.67. The molecule has 0 fully saturated rings. The molecular formula is C14H26O2Pr. The van der Waals surface area contributed by atoms with Crippen molar-refractivity contribution in [3.8, 4) is 0 Å². The fourth-order valence-corrected chi connectivity index (χ4v) is 1.76. The Morgan fingerprint density at radius 2 is 1.41 bits per heavy atom. The van der Waals surface area contributed by atoms with Gasteiger partial charge < -0.3 is 5.11 Å². The van der Waals surface area contributed by atoms with Crippen LogP contribution < -0.4 is 0 Å². The van der Waals surface area contributed by atoms with Crippen molar-refractivity contribution in [1.82, 2.24) is 0 Å². The number of aliphatic carboxylic acids is 1. The zero-order valence-electron chi connectivity index (χ0n) is 11.2. The first kappa shape index (κ1) is 19.9. The summed E-state index contributed by atoms with van der Waals surface area (Å²) in [7, 11) is 0. The van der Waals surface area contributed by atoms with E-state index in [2.05, 4.69) is 6.92 Å². The number of hydrogen-bond donors (Lipinski definition) is 1. The molecule has 0 aliphatic heterocycles. The summed E-state index contributed by atoms with van der Waals surface area (Å²) in [6.45, 7) is 2.24. The molecule has 0 spiro atoms. The fraction of sp³-hybridized carbons (Fsp3) is 0.786. The number of unbranched alkanes of at least 4 members (excludes halogenated alkanes) is 9. The molecule has 0 unspecified atom stereocenters. The van der Waals surface area contributed by atoms with Crippen LogP contribution in [0.1, 0.15) is 71.1 Å². The van der Waals surface area contributed by atoms with E-state index in [1.807, 2.05) is 0 Å². The molecule has 0 amide bonds. The van der Waals surface area contributed by atoms with Crippen molar-refractivity contribution in [3.05, 3.63) is 12.2 Å². The first-order chi connectivity index (χ1) is 7.77. The van der Waals surface area contributed by atoms with E-state index in [0.29, 0.717) is 0 Å². The predicted molar refractivity (Wildman–Crippen MR) is 68.6 cm³/mol. The Balaban J connectivity index is 0. The maximum Gasteiger partial charge on any atom is 0.327 e. The van der Waals surface area contributed by atoms with E-state index in [1.165, 1.54) is 57.4 Å². The molecule has 0 aromatic heterocycles. The van der Waals surface area contributed by atoms with Crippen LogP contribution in [-0.4, -0.2) is 11.1 Å². The minimum atomic E-state index is -0.837. The number of carboxylic acids is 1. The van der Waals surface area contributed by atoms with E-state index in [0.717, 1.165) is 12.8 Å². The molecule has 1 N–H and O–H groups in total. The van der Waals surface area contributed by atoms with Crippen molar-refractivity contribution in [2.24, 2.45) is 0 Å². The molecule has 97 valence electrons. The molecule has 0 saturated heterocycles. The van der Waals surface area contributed by atoms with Gasteiger partial charge in [-0.15, -0.1) is 0 Å². The van der Waals surface area contributed by atoms with Gasteiger partial charge in [-0.05, 0) is 12.8 Å². The van der Waals surface area contributed by atoms with Gasteiger partial charge >= 0.3 is 5.97 Å². The molecule has 2 nitrogen and oxygen atoms in total. The Morgan fingerprint density at radius 1 is 0.941 bits per heavy atom. The fourth-order valence-electron chi connectivity index (χ4n) is 1.76. The Morgan fingerprint density at radius 3 is 1.88 bits per heavy atom. The van der Waals surface area contributed by atoms with Crippen LogP contribution in [0.25, 0.3) is 0 Å². The minimum absolute atomic E-state index is 0. The summed E-state index contributed by atoms with van der Waals surface area (Å²) in [5.41, 5.74) is 0. The molecule has 0 aliphatic carbocycles. The molecule has 3 heteroatoms. The van der Waals surface area contributed by atoms with Crippen LogP contribution in [0.3, 0.4) is 0 Å². The van der Waals surface area contributed by atoms with E-state index < -0.39 is 5.97 Å². The van der Waals surface area contributed by atoms with Crippen molar-refractivity contribution in [1.29, 1.82) is 0 Å². The van der Waals surface area contributed by atoms with E-state index in [9.17, 15) is 4.79 Å². The van der Waals surface area contributed by atoms with Crippen molar-refractivity contribution in [3.63, 3.8) is 0 Å². The number of carboxylic acid groups (broad SMARTS) is 1. The molecule has 0 aromatic carbocycles. The van der Waals surface area contributed by atoms with Gasteiger partial charge in [-0.2, -0.15) is 0 Å². The van der Waals surface area contributed by atoms with Gasteiger partial charge in [0.1, 0.15) is 0 Å². The van der Waals surface area contributed by atoms with Gasteiger partial charge in [-0.3, -0.25) is 0 Å². The molecule has 17 heavy (non-hydrogen) atoms. The van der Waals surface area contributed by atoms with E-state index >= 15 is 0 Å². The maximum atomic E-state index is 10.2. The van der Waals surface area contributed by atoms with Gasteiger partial charge in [0.15, 0.2) is 0 Å². The van der Waals surface area contributed by atoms with Gasteiger partial charge in [0.05, 0.1) is 0 Å². The van der Waals surface area contributed by atoms with Crippen LogP contribution in [0.2, 0.25) is 0 Å². The Bertz CT molecular complexity index is 191. The van der Waals surface area contributed by atoms with Crippen LogP contribution in [0.4, 0.5) is 0 Å². The molecule has 1 radical (unpaired) electrons. The number of rotatable bonds is 11. The maximum absolute atomic E-state index is 10.2. The number of hydrogen-bond acceptors (Lipinski definition) is 1. The molecule has 0 atom stereocenters. The largest absolute Gasteiger partial charge is 0.478 e. The van der Waals surface area contributed by atoms with Gasteiger partial charge in [0.2, 0.25) is 0 Å². The topological polar surface area (TPSA) is 37.3 Å². The first-order valence-electron chi connectivity index (χ1n) is 6.67. The third-order valence-electron chi connectivity index (χ3n) is 2.73. The molecule has 0 bridgehead atoms. The monoisotopic (exact) mass is 367 g/mol. The van der Waals surface area contributed by atoms with E-state index in [-0.39, 0.29) is 41.3 Å². The van der Waals surface area contributed by atoms with Crippen molar-refractivity contribution >= 4 is 5.97 Å². The third-order valence-corrected chi connectivity index (χ3v) is 2.73. The summed E-state index contributed by atoms with van der Waals surface area (Å²) in [5.74, 6) is -0.837. The molecular weight excluding hydrogens is 341 g/mol. The van der Waals surface area contributed by atoms with Crippen LogP contribution >= 0.6 is 0 Å². The Labute approximate surface area is 139 Å². The standard InChI is InChI=1S/C14H26O2.Pr/c1-2-3-4-5-6-7-8-9-10-11-12-13-14(15)16;/h12-13H,2-11H2,1H3,(H,15,16);. The van der Waals surface area contributed by atoms with Gasteiger partial charge in [0.25, 0.3) is 0 Å². The normalized spacial score (nSPS) is 10.4. The van der Waals surface area contributed by atoms with Crippen LogP contribution in [-0.2, 0) is 4.79 Å². The van der Waals surface area contributed by atoms with Crippen LogP contribution in [0, 0.1) is 41.3 Å². The quantitative estimate of drug-likeness (QED) is 0.430. The second-order valence-corrected chi connectivity index (χ2v) is 4.36. The average Bonchev–Trinajstić information content (AvgIpc) is 2.25. The zero-order chi connectivity index (χ0) is 12.1. The zero-order valence-corrected chi connectivity index (χ0v) is 14.9. The summed E-state index contributed by atoms with van der Waals surface area (Å²) < 4.78 is 0. The summed E-state index contributed by atoms with van der Waals surface area (Å²) >= 11 is 0. The van der Waals surface area contributed by atoms with Gasteiger partial charge in [0, 0.05) is 47.4 Å². The second kappa shape index (κ2) is 16.6. The SMILES string of the molecule is CCCCCCCCCCCC=CC(=O)O.[Pr]. The molecule has 0 saturated carbocycles. The van der Waals surface area contributed by atoms with Gasteiger partial charge in [-0.25, -0.2) is 4.79 Å². The molecule has 0 aliphatic rings. The molecule has 0 aromatic rings. The van der Waals surface area contributed by atoms with Crippen LogP contribution in [0.15, 0.2) is 12.2 Å². The molecule has 0 heterocycles. The third kappa shape index (κ3) is 19.1. The predicted octanol–water partition coefficient (Wildman–Crippen LogP) is 4.55. The smallest absolute Gasteiger partial charge is 0.327 e. The van der Waals surface area contributed by atoms with Crippen molar-refractivity contribution < 1.29 is 51.2 Å². The molecule has 0 rings (SSSR count).